The molecule has 0 radical (unpaired) electrons. The number of carboxylic acids is 1. The molecule has 0 saturated heterocycles. The van der Waals surface area contributed by atoms with Gasteiger partial charge in [-0.15, -0.1) is 0 Å². The summed E-state index contributed by atoms with van der Waals surface area (Å²) in [7, 11) is 0. The Morgan fingerprint density at radius 2 is 1.90 bits per heavy atom. The number of pyridine rings is 1. The maximum Gasteiger partial charge on any atom is 0.328 e. The molecule has 106 valence electrons. The number of hydrogen-bond acceptors (Lipinski definition) is 3. The SMILES string of the molecule is Cc1c(C=CC(=O)O)cccc1C(=O)Nc1ccncc1. The van der Waals surface area contributed by atoms with E-state index in [1.165, 1.54) is 6.08 Å². The van der Waals surface area contributed by atoms with E-state index in [0.717, 1.165) is 11.6 Å². The second-order valence-corrected chi connectivity index (χ2v) is 4.38. The summed E-state index contributed by atoms with van der Waals surface area (Å²) in [6.45, 7) is 1.78. The third-order valence-electron chi connectivity index (χ3n) is 2.96. The van der Waals surface area contributed by atoms with E-state index in [9.17, 15) is 9.59 Å². The van der Waals surface area contributed by atoms with Crippen LogP contribution in [0.4, 0.5) is 5.69 Å². The molecule has 0 bridgehead atoms. The van der Waals surface area contributed by atoms with Gasteiger partial charge in [-0.25, -0.2) is 4.79 Å². The first-order valence-corrected chi connectivity index (χ1v) is 6.30. The first-order valence-electron chi connectivity index (χ1n) is 6.30. The lowest BCUT2D eigenvalue weighted by atomic mass is 10.0. The summed E-state index contributed by atoms with van der Waals surface area (Å²) in [6.07, 6.45) is 5.71. The number of carboxylic acid groups (broad SMARTS) is 1. The van der Waals surface area contributed by atoms with E-state index >= 15 is 0 Å². The number of nitrogens with zero attached hydrogens (tertiary/aromatic N) is 1. The molecule has 2 aromatic rings. The average Bonchev–Trinajstić information content (AvgIpc) is 2.47. The van der Waals surface area contributed by atoms with Gasteiger partial charge < -0.3 is 10.4 Å². The van der Waals surface area contributed by atoms with E-state index in [1.54, 1.807) is 49.6 Å². The minimum absolute atomic E-state index is 0.246. The highest BCUT2D eigenvalue weighted by molar-refractivity contribution is 6.05. The number of rotatable bonds is 4. The molecule has 5 heteroatoms. The van der Waals surface area contributed by atoms with Gasteiger partial charge in [0.15, 0.2) is 0 Å². The molecule has 1 amide bonds. The molecule has 0 fully saturated rings. The van der Waals surface area contributed by atoms with E-state index in [0.29, 0.717) is 16.8 Å². The van der Waals surface area contributed by atoms with Crippen molar-refractivity contribution in [2.75, 3.05) is 5.32 Å². The van der Waals surface area contributed by atoms with Crippen LogP contribution in [0.15, 0.2) is 48.8 Å². The van der Waals surface area contributed by atoms with Crippen molar-refractivity contribution in [2.45, 2.75) is 6.92 Å². The highest BCUT2D eigenvalue weighted by Gasteiger charge is 2.11. The third-order valence-corrected chi connectivity index (χ3v) is 2.96. The van der Waals surface area contributed by atoms with Crippen molar-refractivity contribution in [2.24, 2.45) is 0 Å². The predicted octanol–water partition coefficient (Wildman–Crippen LogP) is 2.74. The Morgan fingerprint density at radius 1 is 1.19 bits per heavy atom. The zero-order valence-corrected chi connectivity index (χ0v) is 11.4. The molecule has 5 nitrogen and oxygen atoms in total. The Hall–Kier alpha value is -2.95. The topological polar surface area (TPSA) is 79.3 Å². The van der Waals surface area contributed by atoms with Gasteiger partial charge in [-0.05, 0) is 42.3 Å². The van der Waals surface area contributed by atoms with Crippen LogP contribution in [-0.2, 0) is 4.79 Å². The summed E-state index contributed by atoms with van der Waals surface area (Å²) in [5.74, 6) is -1.27. The fourth-order valence-corrected chi connectivity index (χ4v) is 1.87. The van der Waals surface area contributed by atoms with Crippen molar-refractivity contribution < 1.29 is 14.7 Å². The Kier molecular flexibility index (Phi) is 4.46. The van der Waals surface area contributed by atoms with Crippen LogP contribution >= 0.6 is 0 Å². The van der Waals surface area contributed by atoms with Crippen LogP contribution in [0.5, 0.6) is 0 Å². The van der Waals surface area contributed by atoms with Gasteiger partial charge in [0.05, 0.1) is 0 Å². The van der Waals surface area contributed by atoms with E-state index < -0.39 is 5.97 Å². The Labute approximate surface area is 122 Å². The van der Waals surface area contributed by atoms with Gasteiger partial charge in [0, 0.05) is 29.7 Å². The highest BCUT2D eigenvalue weighted by Crippen LogP contribution is 2.17. The first-order chi connectivity index (χ1) is 10.1. The molecular formula is C16H14N2O3. The third kappa shape index (κ3) is 3.76. The first kappa shape index (κ1) is 14.5. The summed E-state index contributed by atoms with van der Waals surface area (Å²) in [5, 5.41) is 11.4. The maximum atomic E-state index is 12.3. The average molecular weight is 282 g/mol. The van der Waals surface area contributed by atoms with E-state index in [2.05, 4.69) is 10.3 Å². The number of benzene rings is 1. The highest BCUT2D eigenvalue weighted by atomic mass is 16.4. The molecule has 0 spiro atoms. The van der Waals surface area contributed by atoms with Crippen LogP contribution in [0.25, 0.3) is 6.08 Å². The number of hydrogen-bond donors (Lipinski definition) is 2. The molecule has 0 atom stereocenters. The number of carbonyl (C=O) groups excluding carboxylic acids is 1. The summed E-state index contributed by atoms with van der Waals surface area (Å²) in [6, 6.07) is 8.57. The fourth-order valence-electron chi connectivity index (χ4n) is 1.87. The maximum absolute atomic E-state index is 12.3. The molecule has 1 aromatic carbocycles. The van der Waals surface area contributed by atoms with Gasteiger partial charge in [0.25, 0.3) is 5.91 Å². The molecule has 0 saturated carbocycles. The van der Waals surface area contributed by atoms with Crippen LogP contribution < -0.4 is 5.32 Å². The van der Waals surface area contributed by atoms with Gasteiger partial charge in [0.2, 0.25) is 0 Å². The van der Waals surface area contributed by atoms with Gasteiger partial charge >= 0.3 is 5.97 Å². The number of aliphatic carboxylic acids is 1. The lowest BCUT2D eigenvalue weighted by molar-refractivity contribution is -0.131. The van der Waals surface area contributed by atoms with Crippen LogP contribution in [0, 0.1) is 6.92 Å². The Balaban J connectivity index is 2.26. The normalized spacial score (nSPS) is 10.5. The van der Waals surface area contributed by atoms with E-state index in [4.69, 9.17) is 5.11 Å². The predicted molar refractivity (Wildman–Crippen MR) is 80.0 cm³/mol. The molecule has 1 aromatic heterocycles. The number of aromatic nitrogens is 1. The minimum Gasteiger partial charge on any atom is -0.478 e. The zero-order chi connectivity index (χ0) is 15.2. The van der Waals surface area contributed by atoms with Crippen LogP contribution in [-0.4, -0.2) is 22.0 Å². The summed E-state index contributed by atoms with van der Waals surface area (Å²) in [5.41, 5.74) is 2.57. The standard InChI is InChI=1S/C16H14N2O3/c1-11-12(5-6-15(19)20)3-2-4-14(11)16(21)18-13-7-9-17-10-8-13/h2-10H,1H3,(H,19,20)(H,17,18,21). The molecular weight excluding hydrogens is 268 g/mol. The molecule has 1 heterocycles. The van der Waals surface area contributed by atoms with Gasteiger partial charge in [-0.1, -0.05) is 12.1 Å². The van der Waals surface area contributed by atoms with Crippen molar-refractivity contribution in [3.63, 3.8) is 0 Å². The Morgan fingerprint density at radius 3 is 2.57 bits per heavy atom. The lowest BCUT2D eigenvalue weighted by Crippen LogP contribution is -2.13. The molecule has 2 rings (SSSR count). The number of carbonyl (C=O) groups is 2. The number of amides is 1. The second kappa shape index (κ2) is 6.47. The van der Waals surface area contributed by atoms with Crippen LogP contribution in [0.1, 0.15) is 21.5 Å². The van der Waals surface area contributed by atoms with Crippen molar-refractivity contribution in [1.82, 2.24) is 4.98 Å². The van der Waals surface area contributed by atoms with Crippen molar-refractivity contribution in [1.29, 1.82) is 0 Å². The quantitative estimate of drug-likeness (QED) is 0.845. The molecule has 0 unspecified atom stereocenters. The van der Waals surface area contributed by atoms with Gasteiger partial charge in [-0.2, -0.15) is 0 Å². The summed E-state index contributed by atoms with van der Waals surface area (Å²) < 4.78 is 0. The van der Waals surface area contributed by atoms with Crippen molar-refractivity contribution in [3.8, 4) is 0 Å². The van der Waals surface area contributed by atoms with Crippen LogP contribution in [0.2, 0.25) is 0 Å². The van der Waals surface area contributed by atoms with Crippen molar-refractivity contribution >= 4 is 23.6 Å². The van der Waals surface area contributed by atoms with Gasteiger partial charge in [-0.3, -0.25) is 9.78 Å². The smallest absolute Gasteiger partial charge is 0.328 e. The lowest BCUT2D eigenvalue weighted by Gasteiger charge is -2.09. The Bertz CT molecular complexity index is 694. The summed E-state index contributed by atoms with van der Waals surface area (Å²) in [4.78, 5) is 26.7. The monoisotopic (exact) mass is 282 g/mol. The molecule has 0 aliphatic rings. The number of anilines is 1. The number of nitrogens with one attached hydrogen (secondary N) is 1. The zero-order valence-electron chi connectivity index (χ0n) is 11.4. The molecule has 2 N–H and O–H groups in total. The molecule has 0 aliphatic heterocycles. The second-order valence-electron chi connectivity index (χ2n) is 4.38. The minimum atomic E-state index is -1.03. The molecule has 0 aliphatic carbocycles. The summed E-state index contributed by atoms with van der Waals surface area (Å²) >= 11 is 0. The van der Waals surface area contributed by atoms with Crippen LogP contribution in [0.3, 0.4) is 0 Å². The fraction of sp³-hybridized carbons (Fsp3) is 0.0625. The van der Waals surface area contributed by atoms with E-state index in [1.807, 2.05) is 0 Å². The van der Waals surface area contributed by atoms with E-state index in [-0.39, 0.29) is 5.91 Å². The molecule has 21 heavy (non-hydrogen) atoms. The van der Waals surface area contributed by atoms with Crippen molar-refractivity contribution in [3.05, 3.63) is 65.5 Å². The largest absolute Gasteiger partial charge is 0.478 e. The van der Waals surface area contributed by atoms with Gasteiger partial charge in [0.1, 0.15) is 0 Å².